The number of nitrogens with zero attached hydrogens (tertiary/aromatic N) is 1. The van der Waals surface area contributed by atoms with Crippen LogP contribution in [-0.4, -0.2) is 36.4 Å². The number of para-hydroxylation sites is 1. The summed E-state index contributed by atoms with van der Waals surface area (Å²) in [6.07, 6.45) is 0.421. The van der Waals surface area contributed by atoms with Crippen molar-refractivity contribution in [3.05, 3.63) is 102 Å². The van der Waals surface area contributed by atoms with Crippen molar-refractivity contribution in [1.29, 1.82) is 0 Å². The first-order valence-electron chi connectivity index (χ1n) is 9.94. The van der Waals surface area contributed by atoms with E-state index in [-0.39, 0.29) is 18.4 Å². The monoisotopic (exact) mass is 402 g/mol. The Hall–Kier alpha value is -3.60. The first-order chi connectivity index (χ1) is 14.7. The number of rotatable bonds is 9. The fraction of sp³-hybridized carbons (Fsp3) is 0.200. The fourth-order valence-corrected chi connectivity index (χ4v) is 3.25. The average molecular weight is 402 g/mol. The van der Waals surface area contributed by atoms with E-state index in [1.165, 1.54) is 0 Å². The van der Waals surface area contributed by atoms with Crippen molar-refractivity contribution < 1.29 is 14.3 Å². The lowest BCUT2D eigenvalue weighted by Gasteiger charge is -2.31. The number of hydrogen-bond acceptors (Lipinski definition) is 3. The number of carbonyl (C=O) groups is 2. The lowest BCUT2D eigenvalue weighted by atomic mass is 10.0. The molecule has 5 heteroatoms. The molecule has 0 heterocycles. The van der Waals surface area contributed by atoms with E-state index in [9.17, 15) is 9.59 Å². The van der Waals surface area contributed by atoms with Crippen molar-refractivity contribution in [2.45, 2.75) is 19.0 Å². The Kier molecular flexibility index (Phi) is 7.61. The van der Waals surface area contributed by atoms with Crippen molar-refractivity contribution >= 4 is 11.8 Å². The summed E-state index contributed by atoms with van der Waals surface area (Å²) in [6.45, 7) is 0.182. The van der Waals surface area contributed by atoms with Crippen LogP contribution in [0.4, 0.5) is 0 Å². The molecule has 0 saturated heterocycles. The predicted octanol–water partition coefficient (Wildman–Crippen LogP) is 3.45. The van der Waals surface area contributed by atoms with Crippen molar-refractivity contribution in [3.63, 3.8) is 0 Å². The van der Waals surface area contributed by atoms with Gasteiger partial charge in [0.05, 0.1) is 0 Å². The molecule has 0 saturated carbocycles. The number of likely N-dealkylation sites (N-methyl/N-ethyl adjacent to an activating group) is 1. The molecule has 3 aromatic carbocycles. The molecule has 0 bridgehead atoms. The summed E-state index contributed by atoms with van der Waals surface area (Å²) < 4.78 is 5.68. The Morgan fingerprint density at radius 3 is 1.93 bits per heavy atom. The van der Waals surface area contributed by atoms with E-state index in [0.717, 1.165) is 11.1 Å². The van der Waals surface area contributed by atoms with E-state index in [0.29, 0.717) is 18.7 Å². The lowest BCUT2D eigenvalue weighted by Crippen LogP contribution is -2.51. The molecule has 0 aliphatic rings. The third kappa shape index (κ3) is 5.95. The Morgan fingerprint density at radius 2 is 1.37 bits per heavy atom. The van der Waals surface area contributed by atoms with E-state index in [2.05, 4.69) is 5.32 Å². The van der Waals surface area contributed by atoms with Crippen LogP contribution in [0.3, 0.4) is 0 Å². The number of nitrogens with one attached hydrogen (secondary N) is 1. The minimum absolute atomic E-state index is 0.140. The maximum Gasteiger partial charge on any atom is 0.261 e. The maximum atomic E-state index is 13.2. The van der Waals surface area contributed by atoms with Crippen molar-refractivity contribution in [1.82, 2.24) is 10.2 Å². The summed E-state index contributed by atoms with van der Waals surface area (Å²) in [4.78, 5) is 27.6. The molecule has 0 spiro atoms. The first kappa shape index (κ1) is 21.1. The summed E-state index contributed by atoms with van der Waals surface area (Å²) in [5.41, 5.74) is 1.94. The van der Waals surface area contributed by atoms with Crippen LogP contribution in [0.2, 0.25) is 0 Å². The summed E-state index contributed by atoms with van der Waals surface area (Å²) in [7, 11) is 1.59. The van der Waals surface area contributed by atoms with E-state index in [4.69, 9.17) is 4.74 Å². The molecule has 2 amide bonds. The average Bonchev–Trinajstić information content (AvgIpc) is 2.81. The molecule has 0 fully saturated rings. The van der Waals surface area contributed by atoms with Crippen molar-refractivity contribution in [2.24, 2.45) is 0 Å². The van der Waals surface area contributed by atoms with Crippen LogP contribution >= 0.6 is 0 Å². The highest BCUT2D eigenvalue weighted by molar-refractivity contribution is 5.88. The summed E-state index contributed by atoms with van der Waals surface area (Å²) in [6, 6.07) is 27.9. The Balaban J connectivity index is 1.84. The highest BCUT2D eigenvalue weighted by Crippen LogP contribution is 2.16. The van der Waals surface area contributed by atoms with Crippen LogP contribution in [0.1, 0.15) is 11.1 Å². The molecule has 0 radical (unpaired) electrons. The largest absolute Gasteiger partial charge is 0.484 e. The van der Waals surface area contributed by atoms with Gasteiger partial charge in [-0.2, -0.15) is 0 Å². The summed E-state index contributed by atoms with van der Waals surface area (Å²) in [5, 5.41) is 2.71. The normalized spacial score (nSPS) is 11.4. The van der Waals surface area contributed by atoms with E-state index in [1.54, 1.807) is 24.1 Å². The Morgan fingerprint density at radius 1 is 0.833 bits per heavy atom. The summed E-state index contributed by atoms with van der Waals surface area (Å²) in [5.74, 6) is 0.167. The van der Waals surface area contributed by atoms with Crippen LogP contribution < -0.4 is 10.1 Å². The molecular weight excluding hydrogens is 376 g/mol. The highest BCUT2D eigenvalue weighted by atomic mass is 16.5. The number of amides is 2. The molecule has 30 heavy (non-hydrogen) atoms. The Bertz CT molecular complexity index is 930. The van der Waals surface area contributed by atoms with Gasteiger partial charge in [-0.3, -0.25) is 9.59 Å². The van der Waals surface area contributed by atoms with Gasteiger partial charge < -0.3 is 15.0 Å². The predicted molar refractivity (Wildman–Crippen MR) is 117 cm³/mol. The zero-order chi connectivity index (χ0) is 21.2. The molecule has 0 aromatic heterocycles. The second kappa shape index (κ2) is 10.8. The van der Waals surface area contributed by atoms with Crippen LogP contribution in [0.25, 0.3) is 0 Å². The topological polar surface area (TPSA) is 58.6 Å². The van der Waals surface area contributed by atoms with Gasteiger partial charge in [-0.1, -0.05) is 78.9 Å². The highest BCUT2D eigenvalue weighted by Gasteiger charge is 2.30. The molecular formula is C25H26N2O3. The van der Waals surface area contributed by atoms with E-state index in [1.807, 2.05) is 78.9 Å². The van der Waals surface area contributed by atoms with Crippen LogP contribution in [-0.2, 0) is 22.6 Å². The lowest BCUT2D eigenvalue weighted by molar-refractivity contribution is -0.142. The minimum Gasteiger partial charge on any atom is -0.484 e. The molecule has 0 aliphatic heterocycles. The quantitative estimate of drug-likeness (QED) is 0.596. The third-order valence-corrected chi connectivity index (χ3v) is 4.82. The van der Waals surface area contributed by atoms with E-state index < -0.39 is 6.04 Å². The van der Waals surface area contributed by atoms with Gasteiger partial charge in [0.2, 0.25) is 5.91 Å². The zero-order valence-electron chi connectivity index (χ0n) is 17.0. The fourth-order valence-electron chi connectivity index (χ4n) is 3.25. The maximum absolute atomic E-state index is 13.2. The van der Waals surface area contributed by atoms with Crippen LogP contribution in [0, 0.1) is 0 Å². The number of hydrogen-bond donors (Lipinski definition) is 1. The molecule has 3 aromatic rings. The second-order valence-corrected chi connectivity index (χ2v) is 6.93. The molecule has 1 atom stereocenters. The third-order valence-electron chi connectivity index (χ3n) is 4.82. The molecule has 5 nitrogen and oxygen atoms in total. The number of ether oxygens (including phenoxy) is 1. The first-order valence-corrected chi connectivity index (χ1v) is 9.94. The van der Waals surface area contributed by atoms with Crippen LogP contribution in [0.5, 0.6) is 5.75 Å². The zero-order valence-corrected chi connectivity index (χ0v) is 17.0. The van der Waals surface area contributed by atoms with Gasteiger partial charge in [0.25, 0.3) is 5.91 Å². The SMILES string of the molecule is CNC(=O)C(Cc1ccccc1)N(Cc1ccccc1)C(=O)COc1ccccc1. The molecule has 1 unspecified atom stereocenters. The molecule has 1 N–H and O–H groups in total. The number of carbonyl (C=O) groups excluding carboxylic acids is 2. The summed E-state index contributed by atoms with van der Waals surface area (Å²) >= 11 is 0. The number of benzene rings is 3. The van der Waals surface area contributed by atoms with Gasteiger partial charge in [0.1, 0.15) is 11.8 Å². The van der Waals surface area contributed by atoms with Gasteiger partial charge in [-0.05, 0) is 23.3 Å². The van der Waals surface area contributed by atoms with Crippen LogP contribution in [0.15, 0.2) is 91.0 Å². The second-order valence-electron chi connectivity index (χ2n) is 6.93. The van der Waals surface area contributed by atoms with Crippen molar-refractivity contribution in [3.8, 4) is 5.75 Å². The van der Waals surface area contributed by atoms with Gasteiger partial charge >= 0.3 is 0 Å². The van der Waals surface area contributed by atoms with E-state index >= 15 is 0 Å². The van der Waals surface area contributed by atoms with Gasteiger partial charge in [0.15, 0.2) is 6.61 Å². The Labute approximate surface area is 177 Å². The van der Waals surface area contributed by atoms with Gasteiger partial charge in [0, 0.05) is 20.0 Å². The van der Waals surface area contributed by atoms with Gasteiger partial charge in [-0.25, -0.2) is 0 Å². The molecule has 0 aliphatic carbocycles. The smallest absolute Gasteiger partial charge is 0.261 e. The van der Waals surface area contributed by atoms with Gasteiger partial charge in [-0.15, -0.1) is 0 Å². The molecule has 154 valence electrons. The molecule has 3 rings (SSSR count). The minimum atomic E-state index is -0.649. The van der Waals surface area contributed by atoms with Crippen molar-refractivity contribution in [2.75, 3.05) is 13.7 Å². The standard InChI is InChI=1S/C25H26N2O3/c1-26-25(29)23(17-20-11-5-2-6-12-20)27(18-21-13-7-3-8-14-21)24(28)19-30-22-15-9-4-10-16-22/h2-16,23H,17-19H2,1H3,(H,26,29).